The first kappa shape index (κ1) is 9.45. The van der Waals surface area contributed by atoms with Crippen LogP contribution in [-0.4, -0.2) is 28.7 Å². The number of ether oxygens (including phenoxy) is 2. The quantitative estimate of drug-likeness (QED) is 0.758. The molecule has 1 saturated carbocycles. The molecule has 1 aliphatic rings. The fourth-order valence-electron chi connectivity index (χ4n) is 0.947. The molecule has 2 rings (SSSR count). The monoisotopic (exact) mass is 215 g/mol. The van der Waals surface area contributed by atoms with Crippen LogP contribution < -0.4 is 9.47 Å². The number of nitrogens with zero attached hydrogens (tertiary/aromatic N) is 3. The molecule has 0 saturated heterocycles. The van der Waals surface area contributed by atoms with E-state index >= 15 is 0 Å². The van der Waals surface area contributed by atoms with Crippen LogP contribution in [0.1, 0.15) is 12.8 Å². The summed E-state index contributed by atoms with van der Waals surface area (Å²) < 4.78 is 10.2. The van der Waals surface area contributed by atoms with Gasteiger partial charge in [-0.15, -0.1) is 4.98 Å². The summed E-state index contributed by atoms with van der Waals surface area (Å²) in [6.45, 7) is 0.642. The third kappa shape index (κ3) is 2.45. The van der Waals surface area contributed by atoms with Crippen molar-refractivity contribution in [3.8, 4) is 12.0 Å². The Morgan fingerprint density at radius 1 is 1.29 bits per heavy atom. The Morgan fingerprint density at radius 3 is 2.64 bits per heavy atom. The van der Waals surface area contributed by atoms with E-state index in [9.17, 15) is 0 Å². The number of methoxy groups -OCH3 is 1. The predicted octanol–water partition coefficient (Wildman–Crippen LogP) is 1.32. The third-order valence-electron chi connectivity index (χ3n) is 1.89. The molecule has 0 N–H and O–H groups in total. The van der Waals surface area contributed by atoms with Crippen molar-refractivity contribution in [2.45, 2.75) is 12.8 Å². The van der Waals surface area contributed by atoms with Gasteiger partial charge in [-0.2, -0.15) is 9.97 Å². The minimum absolute atomic E-state index is 0.0858. The van der Waals surface area contributed by atoms with Crippen LogP contribution in [0.4, 0.5) is 0 Å². The van der Waals surface area contributed by atoms with Crippen molar-refractivity contribution in [2.75, 3.05) is 13.7 Å². The van der Waals surface area contributed by atoms with E-state index in [4.69, 9.17) is 21.1 Å². The van der Waals surface area contributed by atoms with Crippen LogP contribution in [0.3, 0.4) is 0 Å². The highest BCUT2D eigenvalue weighted by Crippen LogP contribution is 2.29. The molecule has 0 atom stereocenters. The van der Waals surface area contributed by atoms with E-state index in [2.05, 4.69) is 15.0 Å². The minimum Gasteiger partial charge on any atom is -0.467 e. The summed E-state index contributed by atoms with van der Waals surface area (Å²) in [6, 6.07) is 0.407. The number of aromatic nitrogens is 3. The lowest BCUT2D eigenvalue weighted by molar-refractivity contribution is 0.267. The summed E-state index contributed by atoms with van der Waals surface area (Å²) in [7, 11) is 1.47. The summed E-state index contributed by atoms with van der Waals surface area (Å²) in [4.78, 5) is 11.5. The first-order valence-electron chi connectivity index (χ1n) is 4.36. The maximum atomic E-state index is 5.64. The molecule has 1 heterocycles. The van der Waals surface area contributed by atoms with Gasteiger partial charge in [0.05, 0.1) is 13.7 Å². The van der Waals surface area contributed by atoms with Gasteiger partial charge >= 0.3 is 12.0 Å². The molecule has 0 amide bonds. The highest BCUT2D eigenvalue weighted by atomic mass is 35.5. The van der Waals surface area contributed by atoms with E-state index in [0.29, 0.717) is 12.5 Å². The molecule has 14 heavy (non-hydrogen) atoms. The number of hydrogen-bond acceptors (Lipinski definition) is 5. The van der Waals surface area contributed by atoms with Gasteiger partial charge in [0.1, 0.15) is 0 Å². The zero-order valence-corrected chi connectivity index (χ0v) is 8.49. The molecular weight excluding hydrogens is 206 g/mol. The number of hydrogen-bond donors (Lipinski definition) is 0. The summed E-state index contributed by atoms with van der Waals surface area (Å²) in [5.74, 6) is 0.650. The average Bonchev–Trinajstić information content (AvgIpc) is 2.97. The molecule has 0 spiro atoms. The van der Waals surface area contributed by atoms with Crippen molar-refractivity contribution in [1.29, 1.82) is 0 Å². The molecule has 1 aromatic rings. The molecule has 0 unspecified atom stereocenters. The molecule has 0 radical (unpaired) electrons. The third-order valence-corrected chi connectivity index (χ3v) is 2.06. The Morgan fingerprint density at radius 2 is 2.00 bits per heavy atom. The van der Waals surface area contributed by atoms with Gasteiger partial charge in [-0.05, 0) is 30.4 Å². The van der Waals surface area contributed by atoms with Crippen molar-refractivity contribution in [2.24, 2.45) is 5.92 Å². The molecular formula is C8H10ClN3O2. The highest BCUT2D eigenvalue weighted by molar-refractivity contribution is 6.28. The van der Waals surface area contributed by atoms with Gasteiger partial charge in [0.25, 0.3) is 0 Å². The topological polar surface area (TPSA) is 57.1 Å². The van der Waals surface area contributed by atoms with Crippen molar-refractivity contribution in [1.82, 2.24) is 15.0 Å². The Bertz CT molecular complexity index is 330. The fraction of sp³-hybridized carbons (Fsp3) is 0.625. The molecule has 6 heteroatoms. The van der Waals surface area contributed by atoms with Gasteiger partial charge in [0.2, 0.25) is 5.28 Å². The van der Waals surface area contributed by atoms with E-state index in [-0.39, 0.29) is 17.3 Å². The zero-order valence-electron chi connectivity index (χ0n) is 7.73. The summed E-state index contributed by atoms with van der Waals surface area (Å²) in [6.07, 6.45) is 2.44. The Kier molecular flexibility index (Phi) is 2.67. The maximum absolute atomic E-state index is 5.64. The van der Waals surface area contributed by atoms with Crippen molar-refractivity contribution in [3.05, 3.63) is 5.28 Å². The molecule has 5 nitrogen and oxygen atoms in total. The van der Waals surface area contributed by atoms with E-state index < -0.39 is 0 Å². The Balaban J connectivity index is 2.03. The number of rotatable bonds is 4. The first-order chi connectivity index (χ1) is 6.78. The lowest BCUT2D eigenvalue weighted by atomic mass is 10.5. The molecule has 1 fully saturated rings. The minimum atomic E-state index is 0.0858. The predicted molar refractivity (Wildman–Crippen MR) is 49.6 cm³/mol. The van der Waals surface area contributed by atoms with Gasteiger partial charge in [-0.3, -0.25) is 0 Å². The van der Waals surface area contributed by atoms with Gasteiger partial charge in [-0.25, -0.2) is 0 Å². The van der Waals surface area contributed by atoms with Gasteiger partial charge in [0.15, 0.2) is 0 Å². The van der Waals surface area contributed by atoms with Crippen LogP contribution in [0.2, 0.25) is 5.28 Å². The van der Waals surface area contributed by atoms with Crippen LogP contribution >= 0.6 is 11.6 Å². The average molecular weight is 216 g/mol. The van der Waals surface area contributed by atoms with Crippen LogP contribution in [-0.2, 0) is 0 Å². The maximum Gasteiger partial charge on any atom is 0.323 e. The fourth-order valence-corrected chi connectivity index (χ4v) is 1.09. The Hall–Kier alpha value is -1.10. The summed E-state index contributed by atoms with van der Waals surface area (Å²) >= 11 is 5.64. The second-order valence-electron chi connectivity index (χ2n) is 3.13. The van der Waals surface area contributed by atoms with Crippen LogP contribution in [0.15, 0.2) is 0 Å². The SMILES string of the molecule is COc1nc(Cl)nc(OCC2CC2)n1. The summed E-state index contributed by atoms with van der Waals surface area (Å²) in [5, 5.41) is 0.0858. The van der Waals surface area contributed by atoms with Gasteiger partial charge < -0.3 is 9.47 Å². The second kappa shape index (κ2) is 3.96. The van der Waals surface area contributed by atoms with Crippen LogP contribution in [0.25, 0.3) is 0 Å². The van der Waals surface area contributed by atoms with E-state index in [1.165, 1.54) is 20.0 Å². The van der Waals surface area contributed by atoms with Gasteiger partial charge in [0, 0.05) is 0 Å². The molecule has 1 aliphatic carbocycles. The molecule has 76 valence electrons. The lowest BCUT2D eigenvalue weighted by Gasteiger charge is -2.03. The Labute approximate surface area is 86.4 Å². The summed E-state index contributed by atoms with van der Waals surface area (Å²) in [5.41, 5.74) is 0. The molecule has 0 aromatic carbocycles. The van der Waals surface area contributed by atoms with Crippen molar-refractivity contribution >= 4 is 11.6 Å². The van der Waals surface area contributed by atoms with Crippen molar-refractivity contribution in [3.63, 3.8) is 0 Å². The van der Waals surface area contributed by atoms with Crippen LogP contribution in [0, 0.1) is 5.92 Å². The molecule has 0 bridgehead atoms. The normalized spacial score (nSPS) is 15.3. The molecule has 0 aliphatic heterocycles. The van der Waals surface area contributed by atoms with E-state index in [0.717, 1.165) is 0 Å². The van der Waals surface area contributed by atoms with Crippen LogP contribution in [0.5, 0.6) is 12.0 Å². The number of halogens is 1. The lowest BCUT2D eigenvalue weighted by Crippen LogP contribution is -2.05. The smallest absolute Gasteiger partial charge is 0.323 e. The largest absolute Gasteiger partial charge is 0.467 e. The standard InChI is InChI=1S/C8H10ClN3O2/c1-13-7-10-6(9)11-8(12-7)14-4-5-2-3-5/h5H,2-4H2,1H3. The second-order valence-corrected chi connectivity index (χ2v) is 3.47. The van der Waals surface area contributed by atoms with Crippen molar-refractivity contribution < 1.29 is 9.47 Å². The first-order valence-corrected chi connectivity index (χ1v) is 4.74. The zero-order chi connectivity index (χ0) is 9.97. The molecule has 1 aromatic heterocycles. The van der Waals surface area contributed by atoms with Gasteiger partial charge in [-0.1, -0.05) is 0 Å². The van der Waals surface area contributed by atoms with E-state index in [1.54, 1.807) is 0 Å². The van der Waals surface area contributed by atoms with E-state index in [1.807, 2.05) is 0 Å². The highest BCUT2D eigenvalue weighted by Gasteiger charge is 2.22.